The molecule has 0 saturated carbocycles. The van der Waals surface area contributed by atoms with Crippen LogP contribution in [0.15, 0.2) is 54.9 Å². The quantitative estimate of drug-likeness (QED) is 0.568. The van der Waals surface area contributed by atoms with E-state index in [1.165, 1.54) is 11.9 Å². The molecular formula is C26H24F2N4O3. The normalized spacial score (nSPS) is 18.0. The summed E-state index contributed by atoms with van der Waals surface area (Å²) in [6.45, 7) is 2.18. The monoisotopic (exact) mass is 478 g/mol. The van der Waals surface area contributed by atoms with Crippen molar-refractivity contribution in [3.63, 3.8) is 0 Å². The van der Waals surface area contributed by atoms with Crippen molar-refractivity contribution in [1.29, 1.82) is 0 Å². The van der Waals surface area contributed by atoms with E-state index in [0.29, 0.717) is 29.0 Å². The van der Waals surface area contributed by atoms with Crippen molar-refractivity contribution in [2.75, 3.05) is 18.6 Å². The summed E-state index contributed by atoms with van der Waals surface area (Å²) < 4.78 is 31.7. The number of anilines is 1. The molecule has 2 aromatic carbocycles. The highest BCUT2D eigenvalue weighted by Gasteiger charge is 2.48. The molecule has 7 nitrogen and oxygen atoms in total. The number of halogens is 2. The molecular weight excluding hydrogens is 454 g/mol. The number of aromatic nitrogens is 2. The lowest BCUT2D eigenvalue weighted by atomic mass is 9.87. The highest BCUT2D eigenvalue weighted by molar-refractivity contribution is 6.16. The number of benzene rings is 2. The largest absolute Gasteiger partial charge is 0.396 e. The number of amides is 3. The summed E-state index contributed by atoms with van der Waals surface area (Å²) in [7, 11) is 1.47. The molecule has 1 fully saturated rings. The topological polar surface area (TPSA) is 78.7 Å². The van der Waals surface area contributed by atoms with Crippen LogP contribution in [0.4, 0.5) is 19.3 Å². The molecule has 1 aromatic heterocycles. The maximum absolute atomic E-state index is 15.0. The molecule has 0 radical (unpaired) electrons. The number of aliphatic hydroxyl groups excluding tert-OH is 1. The summed E-state index contributed by atoms with van der Waals surface area (Å²) in [5.41, 5.74) is -0.419. The molecule has 3 aromatic rings. The number of aryl methyl sites for hydroxylation is 1. The Morgan fingerprint density at radius 1 is 1.09 bits per heavy atom. The van der Waals surface area contributed by atoms with Gasteiger partial charge in [-0.05, 0) is 37.6 Å². The van der Waals surface area contributed by atoms with Crippen molar-refractivity contribution in [2.24, 2.45) is 0 Å². The summed E-state index contributed by atoms with van der Waals surface area (Å²) in [6.07, 6.45) is 3.55. The lowest BCUT2D eigenvalue weighted by Gasteiger charge is -2.45. The third-order valence-electron chi connectivity index (χ3n) is 6.13. The van der Waals surface area contributed by atoms with Crippen LogP contribution in [-0.2, 0) is 16.9 Å². The van der Waals surface area contributed by atoms with Gasteiger partial charge in [0.25, 0.3) is 0 Å². The Morgan fingerprint density at radius 2 is 1.74 bits per heavy atom. The van der Waals surface area contributed by atoms with Crippen LogP contribution < -0.4 is 4.90 Å². The summed E-state index contributed by atoms with van der Waals surface area (Å²) >= 11 is 0. The van der Waals surface area contributed by atoms with Gasteiger partial charge in [-0.25, -0.2) is 18.5 Å². The van der Waals surface area contributed by atoms with E-state index >= 15 is 8.78 Å². The SMILES string of the molecule is CN1C(=O)N(c2c(F)cc(C#Cc3ccccc3)cc2F)C(=O)C[C@@]1(C)c1cnn(CCCO)c1. The number of aliphatic hydroxyl groups is 1. The van der Waals surface area contributed by atoms with Crippen LogP contribution in [0.25, 0.3) is 0 Å². The first-order valence-corrected chi connectivity index (χ1v) is 11.1. The van der Waals surface area contributed by atoms with E-state index in [1.807, 2.05) is 6.07 Å². The second-order valence-corrected chi connectivity index (χ2v) is 8.50. The Kier molecular flexibility index (Phi) is 6.67. The van der Waals surface area contributed by atoms with Gasteiger partial charge in [-0.15, -0.1) is 0 Å². The van der Waals surface area contributed by atoms with E-state index in [9.17, 15) is 9.59 Å². The van der Waals surface area contributed by atoms with Crippen molar-refractivity contribution < 1.29 is 23.5 Å². The first-order chi connectivity index (χ1) is 16.7. The lowest BCUT2D eigenvalue weighted by molar-refractivity contribution is -0.122. The van der Waals surface area contributed by atoms with Crippen LogP contribution in [-0.4, -0.2) is 45.4 Å². The van der Waals surface area contributed by atoms with E-state index < -0.39 is 34.8 Å². The maximum Gasteiger partial charge on any atom is 0.332 e. The van der Waals surface area contributed by atoms with Gasteiger partial charge < -0.3 is 10.0 Å². The molecule has 0 aliphatic carbocycles. The van der Waals surface area contributed by atoms with Gasteiger partial charge in [-0.1, -0.05) is 30.0 Å². The van der Waals surface area contributed by atoms with Gasteiger partial charge >= 0.3 is 6.03 Å². The highest BCUT2D eigenvalue weighted by atomic mass is 19.1. The molecule has 35 heavy (non-hydrogen) atoms. The van der Waals surface area contributed by atoms with Crippen LogP contribution in [0.3, 0.4) is 0 Å². The van der Waals surface area contributed by atoms with E-state index in [1.54, 1.807) is 48.3 Å². The number of hydrogen-bond acceptors (Lipinski definition) is 4. The Balaban J connectivity index is 1.62. The Morgan fingerprint density at radius 3 is 2.40 bits per heavy atom. The molecule has 1 saturated heterocycles. The van der Waals surface area contributed by atoms with Crippen LogP contribution in [0, 0.1) is 23.5 Å². The first kappa shape index (κ1) is 24.1. The zero-order valence-electron chi connectivity index (χ0n) is 19.3. The highest BCUT2D eigenvalue weighted by Crippen LogP contribution is 2.39. The van der Waals surface area contributed by atoms with Gasteiger partial charge in [0.2, 0.25) is 5.91 Å². The maximum atomic E-state index is 15.0. The number of carbonyl (C=O) groups is 2. The lowest BCUT2D eigenvalue weighted by Crippen LogP contribution is -2.60. The minimum absolute atomic E-state index is 0.00600. The summed E-state index contributed by atoms with van der Waals surface area (Å²) in [5.74, 6) is 2.67. The van der Waals surface area contributed by atoms with Gasteiger partial charge in [0.15, 0.2) is 11.6 Å². The minimum Gasteiger partial charge on any atom is -0.396 e. The zero-order valence-corrected chi connectivity index (χ0v) is 19.3. The van der Waals surface area contributed by atoms with Gasteiger partial charge in [0.1, 0.15) is 5.69 Å². The Labute approximate surface area is 201 Å². The third-order valence-corrected chi connectivity index (χ3v) is 6.13. The standard InChI is InChI=1S/C26H24F2N4O3/c1-26(20-16-29-31(17-20)11-6-12-33)15-23(34)32(25(35)30(26)2)24-21(27)13-19(14-22(24)28)10-9-18-7-4-3-5-8-18/h3-5,7-8,13-14,16-17,33H,6,11-12,15H2,1-2H3/t26-/m0/s1. The van der Waals surface area contributed by atoms with E-state index in [4.69, 9.17) is 5.11 Å². The molecule has 1 aliphatic rings. The fourth-order valence-corrected chi connectivity index (χ4v) is 3.99. The molecule has 0 unspecified atom stereocenters. The Hall–Kier alpha value is -4.03. The van der Waals surface area contributed by atoms with Gasteiger partial charge in [-0.3, -0.25) is 9.48 Å². The van der Waals surface area contributed by atoms with Gasteiger partial charge in [-0.2, -0.15) is 5.10 Å². The number of urea groups is 1. The van der Waals surface area contributed by atoms with Crippen molar-refractivity contribution >= 4 is 17.6 Å². The van der Waals surface area contributed by atoms with Crippen molar-refractivity contribution in [3.8, 4) is 11.8 Å². The fraction of sp³-hybridized carbons (Fsp3) is 0.269. The average molecular weight is 478 g/mol. The molecule has 0 bridgehead atoms. The number of imide groups is 1. The van der Waals surface area contributed by atoms with Gasteiger partial charge in [0.05, 0.1) is 18.2 Å². The smallest absolute Gasteiger partial charge is 0.332 e. The Bertz CT molecular complexity index is 1310. The first-order valence-electron chi connectivity index (χ1n) is 11.1. The molecule has 1 aliphatic heterocycles. The van der Waals surface area contributed by atoms with Gasteiger partial charge in [0, 0.05) is 43.1 Å². The van der Waals surface area contributed by atoms with Crippen LogP contribution in [0.2, 0.25) is 0 Å². The van der Waals surface area contributed by atoms with Crippen LogP contribution in [0.5, 0.6) is 0 Å². The average Bonchev–Trinajstić information content (AvgIpc) is 3.32. The third kappa shape index (κ3) is 4.66. The van der Waals surface area contributed by atoms with E-state index in [0.717, 1.165) is 12.1 Å². The van der Waals surface area contributed by atoms with E-state index in [2.05, 4.69) is 16.9 Å². The van der Waals surface area contributed by atoms with Crippen LogP contribution >= 0.6 is 0 Å². The molecule has 1 atom stereocenters. The minimum atomic E-state index is -1.06. The molecule has 0 spiro atoms. The molecule has 2 heterocycles. The predicted molar refractivity (Wildman–Crippen MR) is 125 cm³/mol. The van der Waals surface area contributed by atoms with Crippen molar-refractivity contribution in [1.82, 2.24) is 14.7 Å². The molecule has 1 N–H and O–H groups in total. The summed E-state index contributed by atoms with van der Waals surface area (Å²) in [6, 6.07) is 10.1. The summed E-state index contributed by atoms with van der Waals surface area (Å²) in [4.78, 5) is 28.1. The number of hydrogen-bond donors (Lipinski definition) is 1. The molecule has 3 amide bonds. The predicted octanol–water partition coefficient (Wildman–Crippen LogP) is 3.65. The molecule has 180 valence electrons. The van der Waals surface area contributed by atoms with Crippen LogP contribution in [0.1, 0.15) is 36.5 Å². The fourth-order valence-electron chi connectivity index (χ4n) is 3.99. The second kappa shape index (κ2) is 9.68. The summed E-state index contributed by atoms with van der Waals surface area (Å²) in [5, 5.41) is 13.2. The van der Waals surface area contributed by atoms with Crippen molar-refractivity contribution in [2.45, 2.75) is 31.8 Å². The number of rotatable bonds is 5. The van der Waals surface area contributed by atoms with E-state index in [-0.39, 0.29) is 18.6 Å². The molecule has 4 rings (SSSR count). The number of carbonyl (C=O) groups excluding carboxylic acids is 2. The van der Waals surface area contributed by atoms with Crippen molar-refractivity contribution in [3.05, 3.63) is 83.2 Å². The molecule has 9 heteroatoms. The second-order valence-electron chi connectivity index (χ2n) is 8.50. The number of nitrogens with zero attached hydrogens (tertiary/aromatic N) is 4. The zero-order chi connectivity index (χ0) is 25.2.